The van der Waals surface area contributed by atoms with Gasteiger partial charge < -0.3 is 14.9 Å². The Labute approximate surface area is 186 Å². The van der Waals surface area contributed by atoms with Crippen LogP contribution in [0.1, 0.15) is 34.6 Å². The van der Waals surface area contributed by atoms with Crippen LogP contribution in [0.2, 0.25) is 0 Å². The standard InChI is InChI=1S/C22H26FN3O5S/c1-15(27)14-24-32(30,31)19-6-3-17(4-7-19)22(29)26-11-9-25(10-12-26)21-8-5-18(16(2)28)13-20(21)23/h3-8,13,15,24,27H,9-12,14H2,1-2H3. The lowest BCUT2D eigenvalue weighted by atomic mass is 10.1. The fraction of sp³-hybridized carbons (Fsp3) is 0.364. The Kier molecular flexibility index (Phi) is 7.27. The molecule has 10 heteroatoms. The number of hydrogen-bond acceptors (Lipinski definition) is 6. The summed E-state index contributed by atoms with van der Waals surface area (Å²) in [5, 5.41) is 9.25. The molecule has 0 radical (unpaired) electrons. The van der Waals surface area contributed by atoms with Gasteiger partial charge in [-0.25, -0.2) is 17.5 Å². The number of nitrogens with one attached hydrogen (secondary N) is 1. The summed E-state index contributed by atoms with van der Waals surface area (Å²) in [7, 11) is -3.77. The molecule has 32 heavy (non-hydrogen) atoms. The zero-order chi connectivity index (χ0) is 23.5. The molecule has 0 aliphatic carbocycles. The third-order valence-electron chi connectivity index (χ3n) is 5.24. The van der Waals surface area contributed by atoms with E-state index in [0.717, 1.165) is 0 Å². The van der Waals surface area contributed by atoms with Gasteiger partial charge in [0.15, 0.2) is 5.78 Å². The summed E-state index contributed by atoms with van der Waals surface area (Å²) in [6, 6.07) is 9.98. The van der Waals surface area contributed by atoms with Crippen molar-refractivity contribution >= 4 is 27.4 Å². The number of amides is 1. The van der Waals surface area contributed by atoms with Crippen molar-refractivity contribution in [2.75, 3.05) is 37.6 Å². The van der Waals surface area contributed by atoms with E-state index in [1.807, 2.05) is 4.90 Å². The van der Waals surface area contributed by atoms with Crippen molar-refractivity contribution in [1.82, 2.24) is 9.62 Å². The van der Waals surface area contributed by atoms with E-state index in [1.54, 1.807) is 17.0 Å². The van der Waals surface area contributed by atoms with Crippen LogP contribution in [0.15, 0.2) is 47.4 Å². The van der Waals surface area contributed by atoms with Crippen LogP contribution < -0.4 is 9.62 Å². The molecule has 1 aliphatic rings. The van der Waals surface area contributed by atoms with Crippen molar-refractivity contribution in [3.8, 4) is 0 Å². The number of rotatable bonds is 7. The minimum Gasteiger partial charge on any atom is -0.392 e. The number of hydrogen-bond donors (Lipinski definition) is 2. The highest BCUT2D eigenvalue weighted by Gasteiger charge is 2.24. The van der Waals surface area contributed by atoms with E-state index in [4.69, 9.17) is 0 Å². The van der Waals surface area contributed by atoms with E-state index in [1.165, 1.54) is 44.2 Å². The van der Waals surface area contributed by atoms with Crippen molar-refractivity contribution in [3.63, 3.8) is 0 Å². The van der Waals surface area contributed by atoms with Gasteiger partial charge in [0.1, 0.15) is 5.82 Å². The maximum absolute atomic E-state index is 14.4. The number of ketones is 1. The zero-order valence-electron chi connectivity index (χ0n) is 17.9. The molecule has 3 rings (SSSR count). The predicted octanol–water partition coefficient (Wildman–Crippen LogP) is 1.65. The minimum absolute atomic E-state index is 0.00371. The molecule has 0 saturated carbocycles. The monoisotopic (exact) mass is 463 g/mol. The second-order valence-corrected chi connectivity index (χ2v) is 9.49. The molecule has 2 aromatic carbocycles. The van der Waals surface area contributed by atoms with Crippen molar-refractivity contribution in [3.05, 3.63) is 59.4 Å². The molecule has 1 amide bonds. The number of Topliss-reactive ketones (excluding diaryl/α,β-unsaturated/α-hetero) is 1. The minimum atomic E-state index is -3.77. The Balaban J connectivity index is 1.62. The molecular formula is C22H26FN3O5S. The molecule has 1 fully saturated rings. The number of anilines is 1. The number of carbonyl (C=O) groups is 2. The summed E-state index contributed by atoms with van der Waals surface area (Å²) in [6.07, 6.45) is -0.815. The molecule has 1 atom stereocenters. The van der Waals surface area contributed by atoms with Crippen molar-refractivity contribution in [2.24, 2.45) is 0 Å². The number of aliphatic hydroxyl groups excluding tert-OH is 1. The van der Waals surface area contributed by atoms with Crippen LogP contribution in [-0.2, 0) is 10.0 Å². The summed E-state index contributed by atoms with van der Waals surface area (Å²) in [4.78, 5) is 27.7. The molecule has 8 nitrogen and oxygen atoms in total. The van der Waals surface area contributed by atoms with Crippen molar-refractivity contribution in [1.29, 1.82) is 0 Å². The van der Waals surface area contributed by atoms with Crippen LogP contribution in [0.3, 0.4) is 0 Å². The molecular weight excluding hydrogens is 437 g/mol. The Bertz CT molecular complexity index is 1100. The van der Waals surface area contributed by atoms with Gasteiger partial charge in [-0.3, -0.25) is 9.59 Å². The number of nitrogens with zero attached hydrogens (tertiary/aromatic N) is 2. The van der Waals surface area contributed by atoms with Gasteiger partial charge >= 0.3 is 0 Å². The first kappa shape index (κ1) is 23.8. The molecule has 0 spiro atoms. The number of sulfonamides is 1. The molecule has 172 valence electrons. The highest BCUT2D eigenvalue weighted by molar-refractivity contribution is 7.89. The molecule has 1 unspecified atom stereocenters. The number of carbonyl (C=O) groups excluding carboxylic acids is 2. The molecule has 2 aromatic rings. The van der Waals surface area contributed by atoms with Gasteiger partial charge in [-0.2, -0.15) is 0 Å². The highest BCUT2D eigenvalue weighted by Crippen LogP contribution is 2.23. The van der Waals surface area contributed by atoms with Crippen LogP contribution in [0, 0.1) is 5.82 Å². The van der Waals surface area contributed by atoms with E-state index < -0.39 is 21.9 Å². The lowest BCUT2D eigenvalue weighted by Crippen LogP contribution is -2.49. The quantitative estimate of drug-likeness (QED) is 0.605. The van der Waals surface area contributed by atoms with Gasteiger partial charge in [0.2, 0.25) is 10.0 Å². The maximum atomic E-state index is 14.4. The molecule has 1 saturated heterocycles. The van der Waals surface area contributed by atoms with Crippen LogP contribution in [0.5, 0.6) is 0 Å². The summed E-state index contributed by atoms with van der Waals surface area (Å²) in [5.41, 5.74) is 1.05. The lowest BCUT2D eigenvalue weighted by molar-refractivity contribution is 0.0746. The number of piperazine rings is 1. The summed E-state index contributed by atoms with van der Waals surface area (Å²) < 4.78 is 41.1. The maximum Gasteiger partial charge on any atom is 0.253 e. The molecule has 2 N–H and O–H groups in total. The molecule has 0 bridgehead atoms. The largest absolute Gasteiger partial charge is 0.392 e. The average Bonchev–Trinajstić information content (AvgIpc) is 2.77. The van der Waals surface area contributed by atoms with Crippen molar-refractivity contribution < 1.29 is 27.5 Å². The second kappa shape index (κ2) is 9.76. The molecule has 1 aliphatic heterocycles. The predicted molar refractivity (Wildman–Crippen MR) is 118 cm³/mol. The Morgan fingerprint density at radius 3 is 2.19 bits per heavy atom. The summed E-state index contributed by atoms with van der Waals surface area (Å²) in [5.74, 6) is -0.917. The van der Waals surface area contributed by atoms with Gasteiger partial charge in [0.05, 0.1) is 16.7 Å². The van der Waals surface area contributed by atoms with Gasteiger partial charge in [0.25, 0.3) is 5.91 Å². The average molecular weight is 464 g/mol. The smallest absolute Gasteiger partial charge is 0.253 e. The van der Waals surface area contributed by atoms with Crippen molar-refractivity contribution in [2.45, 2.75) is 24.8 Å². The zero-order valence-corrected chi connectivity index (χ0v) is 18.7. The van der Waals surface area contributed by atoms with E-state index in [-0.39, 0.29) is 23.1 Å². The van der Waals surface area contributed by atoms with E-state index in [9.17, 15) is 27.5 Å². The van der Waals surface area contributed by atoms with Crippen LogP contribution in [0.25, 0.3) is 0 Å². The normalized spacial score (nSPS) is 15.5. The third-order valence-corrected chi connectivity index (χ3v) is 6.68. The summed E-state index contributed by atoms with van der Waals surface area (Å²) in [6.45, 7) is 4.36. The third kappa shape index (κ3) is 5.50. The molecule has 0 aromatic heterocycles. The first-order valence-corrected chi connectivity index (χ1v) is 11.7. The second-order valence-electron chi connectivity index (χ2n) is 7.73. The topological polar surface area (TPSA) is 107 Å². The SMILES string of the molecule is CC(=O)c1ccc(N2CCN(C(=O)c3ccc(S(=O)(=O)NCC(C)O)cc3)CC2)c(F)c1. The highest BCUT2D eigenvalue weighted by atomic mass is 32.2. The lowest BCUT2D eigenvalue weighted by Gasteiger charge is -2.36. The van der Waals surface area contributed by atoms with Gasteiger partial charge in [0, 0.05) is 43.9 Å². The van der Waals surface area contributed by atoms with Gasteiger partial charge in [-0.05, 0) is 56.3 Å². The fourth-order valence-electron chi connectivity index (χ4n) is 3.41. The van der Waals surface area contributed by atoms with E-state index >= 15 is 0 Å². The van der Waals surface area contributed by atoms with E-state index in [2.05, 4.69) is 4.72 Å². The Morgan fingerprint density at radius 2 is 1.66 bits per heavy atom. The van der Waals surface area contributed by atoms with Gasteiger partial charge in [-0.15, -0.1) is 0 Å². The van der Waals surface area contributed by atoms with Crippen LogP contribution in [0.4, 0.5) is 10.1 Å². The van der Waals surface area contributed by atoms with E-state index in [0.29, 0.717) is 43.0 Å². The first-order chi connectivity index (χ1) is 15.1. The van der Waals surface area contributed by atoms with Crippen LogP contribution >= 0.6 is 0 Å². The van der Waals surface area contributed by atoms with Gasteiger partial charge in [-0.1, -0.05) is 0 Å². The number of halogens is 1. The fourth-order valence-corrected chi connectivity index (χ4v) is 4.53. The first-order valence-electron chi connectivity index (χ1n) is 10.2. The summed E-state index contributed by atoms with van der Waals surface area (Å²) >= 11 is 0. The Morgan fingerprint density at radius 1 is 1.06 bits per heavy atom. The molecule has 1 heterocycles. The Hall–Kier alpha value is -2.82. The number of benzene rings is 2. The van der Waals surface area contributed by atoms with Crippen LogP contribution in [-0.4, -0.2) is 68.9 Å². The number of aliphatic hydroxyl groups is 1.